The Morgan fingerprint density at radius 2 is 1.86 bits per heavy atom. The van der Waals surface area contributed by atoms with Gasteiger partial charge in [0.2, 0.25) is 10.0 Å². The summed E-state index contributed by atoms with van der Waals surface area (Å²) in [5.74, 6) is 3.16. The van der Waals surface area contributed by atoms with Crippen LogP contribution in [-0.4, -0.2) is 34.3 Å². The molecule has 6 nitrogen and oxygen atoms in total. The third-order valence-electron chi connectivity index (χ3n) is 4.19. The molecule has 148 valence electrons. The minimum atomic E-state index is -3.69. The lowest BCUT2D eigenvalue weighted by atomic mass is 10.1. The Hall–Kier alpha value is -2.82. The highest BCUT2D eigenvalue weighted by Gasteiger charge is 2.08. The summed E-state index contributed by atoms with van der Waals surface area (Å²) in [5.41, 5.74) is 2.76. The summed E-state index contributed by atoms with van der Waals surface area (Å²) in [6.07, 6.45) is 7.05. The van der Waals surface area contributed by atoms with E-state index < -0.39 is 10.0 Å². The zero-order valence-corrected chi connectivity index (χ0v) is 16.9. The number of benzene rings is 2. The van der Waals surface area contributed by atoms with Crippen LogP contribution in [0.1, 0.15) is 25.0 Å². The van der Waals surface area contributed by atoms with E-state index in [1.54, 1.807) is 18.3 Å². The molecule has 0 saturated carbocycles. The lowest BCUT2D eigenvalue weighted by molar-refractivity contribution is 0.370. The van der Waals surface area contributed by atoms with Crippen molar-refractivity contribution in [3.8, 4) is 18.1 Å². The Labute approximate surface area is 167 Å². The van der Waals surface area contributed by atoms with Crippen LogP contribution < -0.4 is 14.8 Å². The number of hydrogen-bond acceptors (Lipinski definition) is 5. The molecule has 0 spiro atoms. The molecule has 7 heteroatoms. The highest BCUT2D eigenvalue weighted by molar-refractivity contribution is 7.89. The van der Waals surface area contributed by atoms with Gasteiger partial charge in [-0.3, -0.25) is 4.99 Å². The molecule has 0 aliphatic rings. The van der Waals surface area contributed by atoms with Gasteiger partial charge in [-0.15, -0.1) is 6.42 Å². The maximum Gasteiger partial charge on any atom is 0.238 e. The molecule has 0 unspecified atom stereocenters. The zero-order valence-electron chi connectivity index (χ0n) is 16.1. The molecule has 0 radical (unpaired) electrons. The number of terminal acetylenes is 1. The lowest BCUT2D eigenvalue weighted by Crippen LogP contribution is -2.21. The van der Waals surface area contributed by atoms with Crippen molar-refractivity contribution in [2.24, 2.45) is 10.1 Å². The van der Waals surface area contributed by atoms with E-state index in [0.29, 0.717) is 12.3 Å². The second-order valence-electron chi connectivity index (χ2n) is 6.05. The van der Waals surface area contributed by atoms with Crippen molar-refractivity contribution < 1.29 is 13.2 Å². The molecule has 0 atom stereocenters. The minimum absolute atomic E-state index is 0.0807. The van der Waals surface area contributed by atoms with E-state index in [2.05, 4.69) is 29.7 Å². The van der Waals surface area contributed by atoms with Crippen LogP contribution in [0, 0.1) is 12.3 Å². The van der Waals surface area contributed by atoms with Crippen LogP contribution in [0.15, 0.2) is 52.4 Å². The van der Waals surface area contributed by atoms with E-state index in [0.717, 1.165) is 29.9 Å². The number of anilines is 1. The van der Waals surface area contributed by atoms with Crippen LogP contribution in [0.5, 0.6) is 5.75 Å². The van der Waals surface area contributed by atoms with Gasteiger partial charge >= 0.3 is 0 Å². The third-order valence-corrected chi connectivity index (χ3v) is 5.12. The number of rotatable bonds is 9. The predicted octanol–water partition coefficient (Wildman–Crippen LogP) is 2.81. The molecule has 0 aromatic heterocycles. The van der Waals surface area contributed by atoms with Gasteiger partial charge in [-0.25, -0.2) is 13.6 Å². The van der Waals surface area contributed by atoms with Gasteiger partial charge in [0, 0.05) is 36.6 Å². The first-order valence-corrected chi connectivity index (χ1v) is 10.5. The van der Waals surface area contributed by atoms with E-state index in [1.807, 2.05) is 18.2 Å². The molecule has 2 rings (SSSR count). The second kappa shape index (κ2) is 9.93. The molecule has 0 amide bonds. The molecule has 28 heavy (non-hydrogen) atoms. The summed E-state index contributed by atoms with van der Waals surface area (Å²) in [6, 6.07) is 12.3. The zero-order chi connectivity index (χ0) is 20.6. The number of nitrogens with two attached hydrogens (primary N) is 1. The van der Waals surface area contributed by atoms with Crippen molar-refractivity contribution in [2.75, 3.05) is 24.6 Å². The van der Waals surface area contributed by atoms with Gasteiger partial charge in [0.15, 0.2) is 0 Å². The first kappa shape index (κ1) is 21.5. The van der Waals surface area contributed by atoms with Crippen molar-refractivity contribution in [3.05, 3.63) is 53.6 Å². The Morgan fingerprint density at radius 1 is 1.18 bits per heavy atom. The second-order valence-corrected chi connectivity index (χ2v) is 7.61. The molecule has 0 heterocycles. The van der Waals surface area contributed by atoms with E-state index in [-0.39, 0.29) is 11.5 Å². The van der Waals surface area contributed by atoms with Gasteiger partial charge in [-0.1, -0.05) is 18.1 Å². The predicted molar refractivity (Wildman–Crippen MR) is 113 cm³/mol. The van der Waals surface area contributed by atoms with Crippen molar-refractivity contribution in [3.63, 3.8) is 0 Å². The molecule has 0 fully saturated rings. The minimum Gasteiger partial charge on any atom is -0.480 e. The molecule has 0 bridgehead atoms. The topological polar surface area (TPSA) is 85.0 Å². The summed E-state index contributed by atoms with van der Waals surface area (Å²) in [5, 5.41) is 5.10. The number of aliphatic imine (C=N–C) groups is 1. The molecule has 0 saturated heterocycles. The summed E-state index contributed by atoms with van der Waals surface area (Å²) < 4.78 is 28.3. The molecule has 0 aliphatic heterocycles. The molecule has 2 aromatic rings. The number of sulfonamides is 1. The number of nitrogens with zero attached hydrogens (tertiary/aromatic N) is 2. The standard InChI is InChI=1S/C21H25N3O3S/c1-4-13-27-21-14-19(24(5-2)6-3)10-9-18(21)16-23-15-17-7-11-20(12-8-17)28(22,25)26/h1,7-12,14,16H,5-6,13,15H2,2-3H3,(H2,22,25,26). The van der Waals surface area contributed by atoms with Gasteiger partial charge in [-0.2, -0.15) is 0 Å². The molecule has 2 aromatic carbocycles. The number of hydrogen-bond donors (Lipinski definition) is 1. The SMILES string of the molecule is C#CCOc1cc(N(CC)CC)ccc1C=NCc1ccc(S(N)(=O)=O)cc1. The highest BCUT2D eigenvalue weighted by Crippen LogP contribution is 2.25. The maximum atomic E-state index is 11.3. The Morgan fingerprint density at radius 3 is 2.43 bits per heavy atom. The van der Waals surface area contributed by atoms with Crippen LogP contribution in [0.3, 0.4) is 0 Å². The van der Waals surface area contributed by atoms with E-state index >= 15 is 0 Å². The fraction of sp³-hybridized carbons (Fsp3) is 0.286. The summed E-state index contributed by atoms with van der Waals surface area (Å²) in [4.78, 5) is 6.74. The average Bonchev–Trinajstić information content (AvgIpc) is 2.68. The maximum absolute atomic E-state index is 11.3. The Balaban J connectivity index is 2.18. The van der Waals surface area contributed by atoms with Crippen LogP contribution in [0.4, 0.5) is 5.69 Å². The van der Waals surface area contributed by atoms with Gasteiger partial charge in [0.05, 0.1) is 11.4 Å². The van der Waals surface area contributed by atoms with Crippen molar-refractivity contribution in [2.45, 2.75) is 25.3 Å². The van der Waals surface area contributed by atoms with E-state index in [4.69, 9.17) is 16.3 Å². The van der Waals surface area contributed by atoms with Crippen LogP contribution in [0.25, 0.3) is 0 Å². The van der Waals surface area contributed by atoms with Crippen LogP contribution in [0.2, 0.25) is 0 Å². The van der Waals surface area contributed by atoms with Crippen molar-refractivity contribution in [1.29, 1.82) is 0 Å². The van der Waals surface area contributed by atoms with Gasteiger partial charge < -0.3 is 9.64 Å². The first-order valence-electron chi connectivity index (χ1n) is 8.95. The normalized spacial score (nSPS) is 11.4. The van der Waals surface area contributed by atoms with E-state index in [1.165, 1.54) is 12.1 Å². The monoisotopic (exact) mass is 399 g/mol. The summed E-state index contributed by atoms with van der Waals surface area (Å²) in [7, 11) is -3.69. The lowest BCUT2D eigenvalue weighted by Gasteiger charge is -2.22. The summed E-state index contributed by atoms with van der Waals surface area (Å²) >= 11 is 0. The highest BCUT2D eigenvalue weighted by atomic mass is 32.2. The Kier molecular flexibility index (Phi) is 7.61. The molecule has 0 aliphatic carbocycles. The largest absolute Gasteiger partial charge is 0.480 e. The number of primary sulfonamides is 1. The van der Waals surface area contributed by atoms with Gasteiger partial charge in [0.25, 0.3) is 0 Å². The van der Waals surface area contributed by atoms with Crippen molar-refractivity contribution in [1.82, 2.24) is 0 Å². The fourth-order valence-electron chi connectivity index (χ4n) is 2.69. The third kappa shape index (κ3) is 5.84. The fourth-order valence-corrected chi connectivity index (χ4v) is 3.21. The molecule has 2 N–H and O–H groups in total. The smallest absolute Gasteiger partial charge is 0.238 e. The molecular weight excluding hydrogens is 374 g/mol. The van der Waals surface area contributed by atoms with E-state index in [9.17, 15) is 8.42 Å². The van der Waals surface area contributed by atoms with Crippen molar-refractivity contribution >= 4 is 21.9 Å². The quantitative estimate of drug-likeness (QED) is 0.519. The summed E-state index contributed by atoms with van der Waals surface area (Å²) in [6.45, 7) is 6.57. The van der Waals surface area contributed by atoms with Gasteiger partial charge in [-0.05, 0) is 43.7 Å². The average molecular weight is 400 g/mol. The molecular formula is C21H25N3O3S. The Bertz CT molecular complexity index is 957. The van der Waals surface area contributed by atoms with Gasteiger partial charge in [0.1, 0.15) is 12.4 Å². The van der Waals surface area contributed by atoms with Crippen LogP contribution in [-0.2, 0) is 16.6 Å². The van der Waals surface area contributed by atoms with Crippen LogP contribution >= 0.6 is 0 Å². The first-order chi connectivity index (χ1) is 13.4. The number of ether oxygens (including phenoxy) is 1.